The lowest BCUT2D eigenvalue weighted by atomic mass is 9.96. The smallest absolute Gasteiger partial charge is 0.0880 e. The number of nitrogens with zero attached hydrogens (tertiary/aromatic N) is 1. The number of aromatic nitrogens is 1. The summed E-state index contributed by atoms with van der Waals surface area (Å²) in [5.41, 5.74) is 9.12. The highest BCUT2D eigenvalue weighted by molar-refractivity contribution is 7.23. The van der Waals surface area contributed by atoms with Gasteiger partial charge in [-0.25, -0.2) is 0 Å². The monoisotopic (exact) mass is 465 g/mol. The minimum atomic E-state index is -1.53. The molecule has 0 aliphatic heterocycles. The molecule has 33 heavy (non-hydrogen) atoms. The molecule has 0 saturated heterocycles. The molecule has 0 radical (unpaired) electrons. The van der Waals surface area contributed by atoms with Gasteiger partial charge < -0.3 is 0 Å². The predicted molar refractivity (Wildman–Crippen MR) is 150 cm³/mol. The van der Waals surface area contributed by atoms with Gasteiger partial charge in [0.2, 0.25) is 0 Å². The molecule has 0 aliphatic rings. The van der Waals surface area contributed by atoms with Crippen molar-refractivity contribution in [1.82, 2.24) is 4.98 Å². The number of rotatable bonds is 3. The Morgan fingerprint density at radius 3 is 2.18 bits per heavy atom. The molecule has 2 heterocycles. The second-order valence-electron chi connectivity index (χ2n) is 10.4. The van der Waals surface area contributed by atoms with Crippen molar-refractivity contribution in [2.75, 3.05) is 0 Å². The number of hydrogen-bond acceptors (Lipinski definition) is 2. The Balaban J connectivity index is 1.80. The molecule has 5 aromatic rings. The molecular weight excluding hydrogens is 434 g/mol. The molecule has 0 spiro atoms. The van der Waals surface area contributed by atoms with Crippen molar-refractivity contribution < 1.29 is 0 Å². The molecule has 0 unspecified atom stereocenters. The predicted octanol–water partition coefficient (Wildman–Crippen LogP) is 8.56. The summed E-state index contributed by atoms with van der Waals surface area (Å²) in [4.78, 5) is 6.32. The Labute approximate surface area is 202 Å². The maximum atomic E-state index is 4.94. The Morgan fingerprint density at radius 1 is 0.788 bits per heavy atom. The summed E-state index contributed by atoms with van der Waals surface area (Å²) in [7, 11) is -1.53. The standard InChI is InChI=1S/C30H31NSSi/c1-18-14-19(2)27(20(3)15-18)29-21(4)24-12-13-31-28(30(24)32-29)23-16-22-10-8-9-11-25(22)26(17-23)33(5,6)7/h8-17H,1-7H3. The van der Waals surface area contributed by atoms with E-state index < -0.39 is 8.07 Å². The van der Waals surface area contributed by atoms with Crippen LogP contribution in [0.1, 0.15) is 22.3 Å². The minimum Gasteiger partial charge on any atom is -0.255 e. The van der Waals surface area contributed by atoms with Crippen LogP contribution in [0, 0.1) is 27.7 Å². The number of hydrogen-bond donors (Lipinski definition) is 0. The molecular formula is C30H31NSSi. The number of aryl methyl sites for hydroxylation is 4. The highest BCUT2D eigenvalue weighted by atomic mass is 32.1. The van der Waals surface area contributed by atoms with Gasteiger partial charge in [-0.15, -0.1) is 11.3 Å². The fourth-order valence-corrected chi connectivity index (χ4v) is 8.31. The Morgan fingerprint density at radius 2 is 1.48 bits per heavy atom. The summed E-state index contributed by atoms with van der Waals surface area (Å²) in [5, 5.41) is 5.53. The van der Waals surface area contributed by atoms with Crippen LogP contribution in [0.3, 0.4) is 0 Å². The van der Waals surface area contributed by atoms with E-state index in [-0.39, 0.29) is 0 Å². The number of benzene rings is 3. The second-order valence-corrected chi connectivity index (χ2v) is 16.4. The Kier molecular flexibility index (Phi) is 5.30. The van der Waals surface area contributed by atoms with E-state index >= 15 is 0 Å². The third-order valence-electron chi connectivity index (χ3n) is 6.70. The largest absolute Gasteiger partial charge is 0.255 e. The Bertz CT molecular complexity index is 1510. The molecule has 0 saturated carbocycles. The maximum Gasteiger partial charge on any atom is 0.0880 e. The lowest BCUT2D eigenvalue weighted by Crippen LogP contribution is -2.38. The quantitative estimate of drug-likeness (QED) is 0.243. The van der Waals surface area contributed by atoms with Crippen molar-refractivity contribution in [1.29, 1.82) is 0 Å². The summed E-state index contributed by atoms with van der Waals surface area (Å²) in [6.45, 7) is 16.2. The molecule has 3 heteroatoms. The average Bonchev–Trinajstić information content (AvgIpc) is 3.08. The van der Waals surface area contributed by atoms with Crippen molar-refractivity contribution >= 4 is 45.5 Å². The van der Waals surface area contributed by atoms with Gasteiger partial charge in [0, 0.05) is 16.6 Å². The molecule has 2 aromatic heterocycles. The van der Waals surface area contributed by atoms with Gasteiger partial charge in [-0.05, 0) is 78.2 Å². The Hall–Kier alpha value is -2.75. The first-order valence-electron chi connectivity index (χ1n) is 11.6. The van der Waals surface area contributed by atoms with Gasteiger partial charge in [-0.1, -0.05) is 72.9 Å². The SMILES string of the molecule is Cc1cc(C)c(-c2sc3c(-c4cc([Si](C)(C)C)c5ccccc5c4)nccc3c2C)c(C)c1. The van der Waals surface area contributed by atoms with Crippen LogP contribution in [-0.2, 0) is 0 Å². The molecule has 0 amide bonds. The van der Waals surface area contributed by atoms with Crippen molar-refractivity contribution in [3.05, 3.63) is 83.0 Å². The number of thiophene rings is 1. The summed E-state index contributed by atoms with van der Waals surface area (Å²) in [6.07, 6.45) is 1.99. The van der Waals surface area contributed by atoms with E-state index in [2.05, 4.69) is 102 Å². The van der Waals surface area contributed by atoms with E-state index in [1.807, 2.05) is 17.5 Å². The van der Waals surface area contributed by atoms with Crippen LogP contribution in [0.25, 0.3) is 42.6 Å². The third kappa shape index (κ3) is 3.73. The topological polar surface area (TPSA) is 12.9 Å². The lowest BCUT2D eigenvalue weighted by molar-refractivity contribution is 1.32. The third-order valence-corrected chi connectivity index (χ3v) is 10.1. The molecule has 3 aromatic carbocycles. The van der Waals surface area contributed by atoms with Crippen LogP contribution >= 0.6 is 11.3 Å². The van der Waals surface area contributed by atoms with Crippen LogP contribution in [-0.4, -0.2) is 13.1 Å². The second kappa shape index (κ2) is 7.93. The van der Waals surface area contributed by atoms with Gasteiger partial charge in [0.1, 0.15) is 0 Å². The van der Waals surface area contributed by atoms with Gasteiger partial charge >= 0.3 is 0 Å². The fourth-order valence-electron chi connectivity index (χ4n) is 5.20. The van der Waals surface area contributed by atoms with Crippen molar-refractivity contribution in [3.63, 3.8) is 0 Å². The first-order chi connectivity index (χ1) is 15.6. The van der Waals surface area contributed by atoms with Gasteiger partial charge in [-0.3, -0.25) is 4.98 Å². The van der Waals surface area contributed by atoms with Crippen LogP contribution < -0.4 is 5.19 Å². The summed E-state index contributed by atoms with van der Waals surface area (Å²) < 4.78 is 1.29. The van der Waals surface area contributed by atoms with E-state index in [0.29, 0.717) is 0 Å². The highest BCUT2D eigenvalue weighted by Crippen LogP contribution is 2.44. The van der Waals surface area contributed by atoms with Crippen LogP contribution in [0.15, 0.2) is 60.8 Å². The van der Waals surface area contributed by atoms with Gasteiger partial charge in [0.05, 0.1) is 18.5 Å². The van der Waals surface area contributed by atoms with Crippen molar-refractivity contribution in [3.8, 4) is 21.7 Å². The number of fused-ring (bicyclic) bond motifs is 2. The zero-order chi connectivity index (χ0) is 23.5. The summed E-state index contributed by atoms with van der Waals surface area (Å²) in [6, 6.07) is 20.4. The van der Waals surface area contributed by atoms with Crippen molar-refractivity contribution in [2.45, 2.75) is 47.3 Å². The molecule has 1 nitrogen and oxygen atoms in total. The maximum absolute atomic E-state index is 4.94. The normalized spacial score (nSPS) is 12.1. The fraction of sp³-hybridized carbons (Fsp3) is 0.233. The zero-order valence-corrected chi connectivity index (χ0v) is 22.4. The van der Waals surface area contributed by atoms with E-state index in [9.17, 15) is 0 Å². The summed E-state index contributed by atoms with van der Waals surface area (Å²) in [5.74, 6) is 0. The van der Waals surface area contributed by atoms with Crippen LogP contribution in [0.4, 0.5) is 0 Å². The molecule has 166 valence electrons. The minimum absolute atomic E-state index is 1.11. The number of pyridine rings is 1. The first-order valence-corrected chi connectivity index (χ1v) is 16.0. The highest BCUT2D eigenvalue weighted by Gasteiger charge is 2.22. The van der Waals surface area contributed by atoms with E-state index in [0.717, 1.165) is 5.69 Å². The van der Waals surface area contributed by atoms with Gasteiger partial charge in [0.15, 0.2) is 0 Å². The van der Waals surface area contributed by atoms with Gasteiger partial charge in [-0.2, -0.15) is 0 Å². The molecule has 5 rings (SSSR count). The van der Waals surface area contributed by atoms with Crippen molar-refractivity contribution in [2.24, 2.45) is 0 Å². The molecule has 0 aliphatic carbocycles. The molecule has 0 bridgehead atoms. The lowest BCUT2D eigenvalue weighted by Gasteiger charge is -2.21. The molecule has 0 N–H and O–H groups in total. The van der Waals surface area contributed by atoms with Crippen LogP contribution in [0.2, 0.25) is 19.6 Å². The molecule has 0 atom stereocenters. The molecule has 0 fully saturated rings. The van der Waals surface area contributed by atoms with Gasteiger partial charge in [0.25, 0.3) is 0 Å². The average molecular weight is 466 g/mol. The zero-order valence-electron chi connectivity index (χ0n) is 20.6. The van der Waals surface area contributed by atoms with E-state index in [1.54, 1.807) is 0 Å². The summed E-state index contributed by atoms with van der Waals surface area (Å²) >= 11 is 1.90. The van der Waals surface area contributed by atoms with E-state index in [4.69, 9.17) is 4.98 Å². The van der Waals surface area contributed by atoms with Crippen LogP contribution in [0.5, 0.6) is 0 Å². The van der Waals surface area contributed by atoms with E-state index in [1.165, 1.54) is 64.3 Å². The first kappa shape index (κ1) is 22.1.